The number of carbonyl (C=O) groups is 1. The molecule has 0 fully saturated rings. The van der Waals surface area contributed by atoms with Gasteiger partial charge in [-0.2, -0.15) is 0 Å². The number of rotatable bonds is 6. The molecular weight excluding hydrogens is 346 g/mol. The van der Waals surface area contributed by atoms with Crippen LogP contribution in [0.15, 0.2) is 78.9 Å². The van der Waals surface area contributed by atoms with E-state index in [9.17, 15) is 4.79 Å². The minimum Gasteiger partial charge on any atom is -0.457 e. The molecule has 0 N–H and O–H groups in total. The van der Waals surface area contributed by atoms with Gasteiger partial charge in [0.05, 0.1) is 0 Å². The number of nitrogens with zero attached hydrogens (tertiary/aromatic N) is 1. The summed E-state index contributed by atoms with van der Waals surface area (Å²) in [6.45, 7) is 3.15. The SMILES string of the molecule is CCN(Cc1ccc(Cl)cc1)C(=O)c1ccc(Oc2ccccc2)cc1. The maximum atomic E-state index is 12.8. The number of amides is 1. The van der Waals surface area contributed by atoms with E-state index >= 15 is 0 Å². The van der Waals surface area contributed by atoms with Crippen LogP contribution in [0, 0.1) is 0 Å². The molecule has 3 nitrogen and oxygen atoms in total. The van der Waals surface area contributed by atoms with Crippen molar-refractivity contribution in [3.05, 3.63) is 95.0 Å². The Balaban J connectivity index is 1.68. The van der Waals surface area contributed by atoms with E-state index in [4.69, 9.17) is 16.3 Å². The fourth-order valence-corrected chi connectivity index (χ4v) is 2.74. The second-order valence-electron chi connectivity index (χ2n) is 5.89. The van der Waals surface area contributed by atoms with Crippen molar-refractivity contribution < 1.29 is 9.53 Å². The van der Waals surface area contributed by atoms with Gasteiger partial charge in [-0.05, 0) is 61.0 Å². The number of hydrogen-bond acceptors (Lipinski definition) is 2. The smallest absolute Gasteiger partial charge is 0.254 e. The van der Waals surface area contributed by atoms with Crippen LogP contribution in [-0.2, 0) is 6.54 Å². The average Bonchev–Trinajstić information content (AvgIpc) is 2.68. The summed E-state index contributed by atoms with van der Waals surface area (Å²) in [6, 6.07) is 24.3. The van der Waals surface area contributed by atoms with Gasteiger partial charge in [0.1, 0.15) is 11.5 Å². The number of hydrogen-bond donors (Lipinski definition) is 0. The molecule has 3 aromatic carbocycles. The lowest BCUT2D eigenvalue weighted by Gasteiger charge is -2.21. The first-order chi connectivity index (χ1) is 12.7. The van der Waals surface area contributed by atoms with E-state index in [2.05, 4.69) is 0 Å². The summed E-state index contributed by atoms with van der Waals surface area (Å²) in [5.41, 5.74) is 1.69. The first-order valence-corrected chi connectivity index (χ1v) is 8.90. The molecule has 0 spiro atoms. The zero-order valence-electron chi connectivity index (χ0n) is 14.6. The van der Waals surface area contributed by atoms with E-state index in [1.165, 1.54) is 0 Å². The highest BCUT2D eigenvalue weighted by Gasteiger charge is 2.14. The first-order valence-electron chi connectivity index (χ1n) is 8.52. The molecule has 0 aromatic heterocycles. The first kappa shape index (κ1) is 18.0. The molecule has 0 aliphatic heterocycles. The molecule has 0 unspecified atom stereocenters. The Labute approximate surface area is 158 Å². The van der Waals surface area contributed by atoms with Crippen LogP contribution in [0.2, 0.25) is 5.02 Å². The molecule has 0 aliphatic carbocycles. The second kappa shape index (κ2) is 8.54. The van der Waals surface area contributed by atoms with Crippen molar-refractivity contribution in [2.24, 2.45) is 0 Å². The summed E-state index contributed by atoms with van der Waals surface area (Å²) >= 11 is 5.92. The maximum Gasteiger partial charge on any atom is 0.254 e. The third-order valence-corrected chi connectivity index (χ3v) is 4.29. The van der Waals surface area contributed by atoms with E-state index in [0.29, 0.717) is 29.4 Å². The van der Waals surface area contributed by atoms with Gasteiger partial charge in [0.2, 0.25) is 0 Å². The summed E-state index contributed by atoms with van der Waals surface area (Å²) in [5.74, 6) is 1.46. The predicted molar refractivity (Wildman–Crippen MR) is 105 cm³/mol. The Morgan fingerprint density at radius 3 is 2.12 bits per heavy atom. The van der Waals surface area contributed by atoms with Gasteiger partial charge in [-0.15, -0.1) is 0 Å². The molecule has 0 radical (unpaired) electrons. The van der Waals surface area contributed by atoms with Gasteiger partial charge < -0.3 is 9.64 Å². The van der Waals surface area contributed by atoms with Crippen LogP contribution in [0.3, 0.4) is 0 Å². The van der Waals surface area contributed by atoms with Crippen LogP contribution >= 0.6 is 11.6 Å². The van der Waals surface area contributed by atoms with E-state index in [0.717, 1.165) is 11.3 Å². The van der Waals surface area contributed by atoms with E-state index in [1.807, 2.05) is 73.7 Å². The number of benzene rings is 3. The van der Waals surface area contributed by atoms with Crippen LogP contribution < -0.4 is 4.74 Å². The number of halogens is 1. The van der Waals surface area contributed by atoms with Crippen LogP contribution in [0.1, 0.15) is 22.8 Å². The van der Waals surface area contributed by atoms with Crippen molar-refractivity contribution in [1.29, 1.82) is 0 Å². The lowest BCUT2D eigenvalue weighted by molar-refractivity contribution is 0.0752. The Morgan fingerprint density at radius 2 is 1.50 bits per heavy atom. The minimum atomic E-state index is -0.00582. The monoisotopic (exact) mass is 365 g/mol. The highest BCUT2D eigenvalue weighted by atomic mass is 35.5. The van der Waals surface area contributed by atoms with Crippen molar-refractivity contribution in [3.63, 3.8) is 0 Å². The van der Waals surface area contributed by atoms with Gasteiger partial charge in [-0.3, -0.25) is 4.79 Å². The maximum absolute atomic E-state index is 12.8. The second-order valence-corrected chi connectivity index (χ2v) is 6.32. The Hall–Kier alpha value is -2.78. The fourth-order valence-electron chi connectivity index (χ4n) is 2.61. The lowest BCUT2D eigenvalue weighted by atomic mass is 10.1. The molecule has 26 heavy (non-hydrogen) atoms. The zero-order valence-corrected chi connectivity index (χ0v) is 15.3. The molecule has 0 aliphatic rings. The molecule has 3 aromatic rings. The number of carbonyl (C=O) groups excluding carboxylic acids is 1. The highest BCUT2D eigenvalue weighted by Crippen LogP contribution is 2.22. The van der Waals surface area contributed by atoms with Crippen LogP contribution in [-0.4, -0.2) is 17.4 Å². The van der Waals surface area contributed by atoms with Gasteiger partial charge in [0.15, 0.2) is 0 Å². The molecule has 0 saturated heterocycles. The van der Waals surface area contributed by atoms with Crippen molar-refractivity contribution in [2.75, 3.05) is 6.54 Å². The van der Waals surface area contributed by atoms with Crippen molar-refractivity contribution >= 4 is 17.5 Å². The normalized spacial score (nSPS) is 10.4. The third-order valence-electron chi connectivity index (χ3n) is 4.04. The third kappa shape index (κ3) is 4.64. The highest BCUT2D eigenvalue weighted by molar-refractivity contribution is 6.30. The lowest BCUT2D eigenvalue weighted by Crippen LogP contribution is -2.30. The molecular formula is C22H20ClNO2. The summed E-state index contributed by atoms with van der Waals surface area (Å²) in [4.78, 5) is 14.6. The number of para-hydroxylation sites is 1. The van der Waals surface area contributed by atoms with Crippen LogP contribution in [0.4, 0.5) is 0 Å². The largest absolute Gasteiger partial charge is 0.457 e. The van der Waals surface area contributed by atoms with Crippen LogP contribution in [0.5, 0.6) is 11.5 Å². The zero-order chi connectivity index (χ0) is 18.4. The summed E-state index contributed by atoms with van der Waals surface area (Å²) in [7, 11) is 0. The topological polar surface area (TPSA) is 29.5 Å². The molecule has 0 bridgehead atoms. The van der Waals surface area contributed by atoms with E-state index < -0.39 is 0 Å². The molecule has 3 rings (SSSR count). The quantitative estimate of drug-likeness (QED) is 0.553. The summed E-state index contributed by atoms with van der Waals surface area (Å²) in [5, 5.41) is 0.692. The Morgan fingerprint density at radius 1 is 0.885 bits per heavy atom. The Bertz CT molecular complexity index is 846. The van der Waals surface area contributed by atoms with E-state index in [1.54, 1.807) is 17.0 Å². The molecule has 0 atom stereocenters. The van der Waals surface area contributed by atoms with Gasteiger partial charge in [0, 0.05) is 23.7 Å². The van der Waals surface area contributed by atoms with Gasteiger partial charge >= 0.3 is 0 Å². The Kier molecular flexibility index (Phi) is 5.92. The number of ether oxygens (including phenoxy) is 1. The van der Waals surface area contributed by atoms with Crippen molar-refractivity contribution in [2.45, 2.75) is 13.5 Å². The fraction of sp³-hybridized carbons (Fsp3) is 0.136. The summed E-state index contributed by atoms with van der Waals surface area (Å²) < 4.78 is 5.77. The predicted octanol–water partition coefficient (Wildman–Crippen LogP) is 5.79. The van der Waals surface area contributed by atoms with Crippen molar-refractivity contribution in [3.8, 4) is 11.5 Å². The molecule has 4 heteroatoms. The average molecular weight is 366 g/mol. The molecule has 1 amide bonds. The van der Waals surface area contributed by atoms with Crippen molar-refractivity contribution in [1.82, 2.24) is 4.90 Å². The standard InChI is InChI=1S/C22H20ClNO2/c1-2-24(16-17-8-12-19(23)13-9-17)22(25)18-10-14-21(15-11-18)26-20-6-4-3-5-7-20/h3-15H,2,16H2,1H3. The van der Waals surface area contributed by atoms with E-state index in [-0.39, 0.29) is 5.91 Å². The van der Waals surface area contributed by atoms with Gasteiger partial charge in [-0.1, -0.05) is 41.9 Å². The minimum absolute atomic E-state index is 0.00582. The van der Waals surface area contributed by atoms with Crippen LogP contribution in [0.25, 0.3) is 0 Å². The van der Waals surface area contributed by atoms with Gasteiger partial charge in [-0.25, -0.2) is 0 Å². The van der Waals surface area contributed by atoms with Gasteiger partial charge in [0.25, 0.3) is 5.91 Å². The molecule has 0 saturated carbocycles. The molecule has 0 heterocycles. The summed E-state index contributed by atoms with van der Waals surface area (Å²) in [6.07, 6.45) is 0. The molecule has 132 valence electrons.